The zero-order valence-corrected chi connectivity index (χ0v) is 18.9. The molecule has 0 saturated carbocycles. The van der Waals surface area contributed by atoms with Gasteiger partial charge in [0, 0.05) is 24.7 Å². The fourth-order valence-electron chi connectivity index (χ4n) is 4.96. The van der Waals surface area contributed by atoms with Gasteiger partial charge in [-0.2, -0.15) is 5.26 Å². The van der Waals surface area contributed by atoms with Crippen molar-refractivity contribution >= 4 is 11.6 Å². The van der Waals surface area contributed by atoms with Gasteiger partial charge in [0.05, 0.1) is 11.6 Å². The van der Waals surface area contributed by atoms with Crippen LogP contribution in [0.5, 0.6) is 0 Å². The molecule has 2 aromatic carbocycles. The first-order chi connectivity index (χ1) is 15.7. The molecule has 0 radical (unpaired) electrons. The van der Waals surface area contributed by atoms with Crippen molar-refractivity contribution in [3.63, 3.8) is 0 Å². The summed E-state index contributed by atoms with van der Waals surface area (Å²) in [6.07, 6.45) is 5.23. The average Bonchev–Trinajstić information content (AvgIpc) is 2.86. The summed E-state index contributed by atoms with van der Waals surface area (Å²) in [4.78, 5) is 17.9. The Hall–Kier alpha value is -2.68. The normalized spacial score (nSPS) is 18.2. The number of nitriles is 1. The van der Waals surface area contributed by atoms with Crippen molar-refractivity contribution in [3.05, 3.63) is 65.7 Å². The van der Waals surface area contributed by atoms with Gasteiger partial charge in [-0.3, -0.25) is 9.69 Å². The number of hydrogen-bond acceptors (Lipinski definition) is 4. The van der Waals surface area contributed by atoms with E-state index >= 15 is 0 Å². The maximum atomic E-state index is 13.4. The zero-order valence-electron chi connectivity index (χ0n) is 18.9. The number of amides is 1. The van der Waals surface area contributed by atoms with E-state index in [0.29, 0.717) is 11.5 Å². The van der Waals surface area contributed by atoms with E-state index in [1.807, 2.05) is 29.2 Å². The van der Waals surface area contributed by atoms with Gasteiger partial charge in [-0.1, -0.05) is 30.3 Å². The van der Waals surface area contributed by atoms with E-state index in [1.54, 1.807) is 0 Å². The van der Waals surface area contributed by atoms with Crippen LogP contribution in [-0.4, -0.2) is 43.5 Å². The fraction of sp³-hybridized carbons (Fsp3) is 0.481. The van der Waals surface area contributed by atoms with Crippen LogP contribution < -0.4 is 10.2 Å². The number of anilines is 1. The Morgan fingerprint density at radius 2 is 1.69 bits per heavy atom. The third-order valence-electron chi connectivity index (χ3n) is 6.98. The number of carbonyl (C=O) groups is 1. The van der Waals surface area contributed by atoms with E-state index in [2.05, 4.69) is 46.6 Å². The molecule has 0 aromatic heterocycles. The summed E-state index contributed by atoms with van der Waals surface area (Å²) in [7, 11) is 0. The van der Waals surface area contributed by atoms with Gasteiger partial charge in [0.25, 0.3) is 0 Å². The number of nitrogens with zero attached hydrogens (tertiary/aromatic N) is 3. The Balaban J connectivity index is 1.34. The van der Waals surface area contributed by atoms with Gasteiger partial charge in [-0.05, 0) is 94.0 Å². The predicted octanol–water partition coefficient (Wildman–Crippen LogP) is 4.19. The molecule has 0 spiro atoms. The lowest BCUT2D eigenvalue weighted by Crippen LogP contribution is -2.42. The lowest BCUT2D eigenvalue weighted by atomic mass is 9.92. The van der Waals surface area contributed by atoms with Crippen molar-refractivity contribution in [2.45, 2.75) is 38.6 Å². The summed E-state index contributed by atoms with van der Waals surface area (Å²) < 4.78 is 0. The van der Waals surface area contributed by atoms with Crippen LogP contribution in [0.25, 0.3) is 0 Å². The molecule has 1 N–H and O–H groups in total. The number of piperidine rings is 2. The molecule has 1 amide bonds. The van der Waals surface area contributed by atoms with E-state index < -0.39 is 0 Å². The van der Waals surface area contributed by atoms with Crippen molar-refractivity contribution in [2.24, 2.45) is 11.8 Å². The van der Waals surface area contributed by atoms with E-state index in [9.17, 15) is 4.79 Å². The van der Waals surface area contributed by atoms with E-state index in [4.69, 9.17) is 5.26 Å². The summed E-state index contributed by atoms with van der Waals surface area (Å²) in [5, 5.41) is 12.5. The molecule has 2 aliphatic heterocycles. The highest BCUT2D eigenvalue weighted by Gasteiger charge is 2.28. The summed E-state index contributed by atoms with van der Waals surface area (Å²) in [6.45, 7) is 5.86. The molecular formula is C27H34N4O. The molecule has 2 aromatic rings. The van der Waals surface area contributed by atoms with Crippen LogP contribution in [0.3, 0.4) is 0 Å². The quantitative estimate of drug-likeness (QED) is 0.715. The van der Waals surface area contributed by atoms with Crippen LogP contribution in [0.1, 0.15) is 43.2 Å². The third kappa shape index (κ3) is 5.97. The molecule has 168 valence electrons. The summed E-state index contributed by atoms with van der Waals surface area (Å²) in [6, 6.07) is 20.4. The van der Waals surface area contributed by atoms with Crippen molar-refractivity contribution in [2.75, 3.05) is 37.6 Å². The highest BCUT2D eigenvalue weighted by molar-refractivity contribution is 5.95. The van der Waals surface area contributed by atoms with Crippen molar-refractivity contribution in [1.29, 1.82) is 5.26 Å². The highest BCUT2D eigenvalue weighted by atomic mass is 16.2. The molecule has 5 nitrogen and oxygen atoms in total. The number of nitrogens with one attached hydrogen (secondary N) is 1. The minimum absolute atomic E-state index is 0.0969. The summed E-state index contributed by atoms with van der Waals surface area (Å²) in [5.41, 5.74) is 2.94. The Bertz CT molecular complexity index is 892. The molecular weight excluding hydrogens is 396 g/mol. The third-order valence-corrected chi connectivity index (χ3v) is 6.98. The van der Waals surface area contributed by atoms with Crippen LogP contribution in [-0.2, 0) is 11.3 Å². The number of benzene rings is 2. The number of carbonyl (C=O) groups excluding carboxylic acids is 1. The van der Waals surface area contributed by atoms with Crippen molar-refractivity contribution < 1.29 is 4.79 Å². The maximum absolute atomic E-state index is 13.4. The van der Waals surface area contributed by atoms with Crippen molar-refractivity contribution in [1.82, 2.24) is 10.2 Å². The molecule has 0 unspecified atom stereocenters. The van der Waals surface area contributed by atoms with Crippen LogP contribution in [0.15, 0.2) is 54.6 Å². The van der Waals surface area contributed by atoms with Crippen LogP contribution in [0.4, 0.5) is 5.69 Å². The lowest BCUT2D eigenvalue weighted by Gasteiger charge is -2.34. The van der Waals surface area contributed by atoms with Gasteiger partial charge in [-0.25, -0.2) is 0 Å². The van der Waals surface area contributed by atoms with Crippen LogP contribution >= 0.6 is 0 Å². The minimum Gasteiger partial charge on any atom is -0.317 e. The highest BCUT2D eigenvalue weighted by Crippen LogP contribution is 2.26. The smallest absolute Gasteiger partial charge is 0.230 e. The lowest BCUT2D eigenvalue weighted by molar-refractivity contribution is -0.123. The number of hydrogen-bond donors (Lipinski definition) is 1. The minimum atomic E-state index is 0.0969. The Labute approximate surface area is 192 Å². The molecule has 0 bridgehead atoms. The SMILES string of the molecule is N#Cc1ccc(N(CCC2CCN(Cc3ccccc3)CC2)C(=O)C2CCNCC2)cc1. The van der Waals surface area contributed by atoms with Gasteiger partial charge in [-0.15, -0.1) is 0 Å². The zero-order chi connectivity index (χ0) is 22.2. The molecule has 4 rings (SSSR count). The number of likely N-dealkylation sites (tertiary alicyclic amines) is 1. The molecule has 32 heavy (non-hydrogen) atoms. The molecule has 5 heteroatoms. The largest absolute Gasteiger partial charge is 0.317 e. The van der Waals surface area contributed by atoms with E-state index in [-0.39, 0.29) is 11.8 Å². The average molecular weight is 431 g/mol. The first-order valence-electron chi connectivity index (χ1n) is 12.0. The fourth-order valence-corrected chi connectivity index (χ4v) is 4.96. The molecule has 2 heterocycles. The predicted molar refractivity (Wildman–Crippen MR) is 128 cm³/mol. The van der Waals surface area contributed by atoms with E-state index in [1.165, 1.54) is 18.4 Å². The topological polar surface area (TPSA) is 59.4 Å². The van der Waals surface area contributed by atoms with Crippen molar-refractivity contribution in [3.8, 4) is 6.07 Å². The second-order valence-corrected chi connectivity index (χ2v) is 9.17. The van der Waals surface area contributed by atoms with Gasteiger partial charge < -0.3 is 10.2 Å². The van der Waals surface area contributed by atoms with Crippen LogP contribution in [0, 0.1) is 23.2 Å². The molecule has 0 atom stereocenters. The first-order valence-corrected chi connectivity index (χ1v) is 12.0. The molecule has 0 aliphatic carbocycles. The van der Waals surface area contributed by atoms with E-state index in [0.717, 1.165) is 64.2 Å². The second-order valence-electron chi connectivity index (χ2n) is 9.17. The summed E-state index contributed by atoms with van der Waals surface area (Å²) in [5.74, 6) is 1.00. The first kappa shape index (κ1) is 22.5. The Morgan fingerprint density at radius 3 is 2.34 bits per heavy atom. The Kier molecular flexibility index (Phi) is 7.92. The number of rotatable bonds is 7. The molecule has 2 saturated heterocycles. The Morgan fingerprint density at radius 1 is 1.00 bits per heavy atom. The monoisotopic (exact) mass is 430 g/mol. The van der Waals surface area contributed by atoms with Gasteiger partial charge in [0.15, 0.2) is 0 Å². The standard InChI is InChI=1S/C27H34N4O/c28-20-23-6-8-26(9-7-23)31(27(32)25-10-15-29-16-11-25)19-14-22-12-17-30(18-13-22)21-24-4-2-1-3-5-24/h1-9,22,25,29H,10-19,21H2. The molecule has 2 aliphatic rings. The second kappa shape index (κ2) is 11.3. The molecule has 2 fully saturated rings. The summed E-state index contributed by atoms with van der Waals surface area (Å²) >= 11 is 0. The van der Waals surface area contributed by atoms with Gasteiger partial charge in [0.2, 0.25) is 5.91 Å². The van der Waals surface area contributed by atoms with Gasteiger partial charge in [0.1, 0.15) is 0 Å². The maximum Gasteiger partial charge on any atom is 0.230 e. The van der Waals surface area contributed by atoms with Gasteiger partial charge >= 0.3 is 0 Å². The van der Waals surface area contributed by atoms with Crippen LogP contribution in [0.2, 0.25) is 0 Å².